The van der Waals surface area contributed by atoms with Gasteiger partial charge < -0.3 is 48.9 Å². The molecule has 15 nitrogen and oxygen atoms in total. The van der Waals surface area contributed by atoms with Gasteiger partial charge >= 0.3 is 11.9 Å². The van der Waals surface area contributed by atoms with E-state index in [1.54, 1.807) is 18.3 Å². The molecule has 5 aromatic rings. The van der Waals surface area contributed by atoms with Crippen molar-refractivity contribution in [2.75, 3.05) is 13.7 Å². The number of nitrogens with zero attached hydrogens (tertiary/aromatic N) is 1. The number of unbranched alkanes of at least 4 members (excludes halogenated alkanes) is 2. The lowest BCUT2D eigenvalue weighted by Crippen LogP contribution is -2.63. The first-order chi connectivity index (χ1) is 24.6. The first-order valence-corrected chi connectivity index (χ1v) is 16.5. The van der Waals surface area contributed by atoms with Crippen LogP contribution in [0, 0.1) is 0 Å². The number of benzene rings is 2. The number of aliphatic carboxylic acids is 1. The van der Waals surface area contributed by atoms with Crippen molar-refractivity contribution in [3.63, 3.8) is 0 Å². The van der Waals surface area contributed by atoms with Crippen LogP contribution < -0.4 is 20.3 Å². The highest BCUT2D eigenvalue weighted by Crippen LogP contribution is 2.30. The van der Waals surface area contributed by atoms with Gasteiger partial charge in [0.2, 0.25) is 18.4 Å². The number of esters is 1. The summed E-state index contributed by atoms with van der Waals surface area (Å²) in [6.07, 6.45) is 0.992. The number of carboxylic acids is 1. The number of hydrogen-bond donors (Lipinski definition) is 6. The number of carboxylic acid groups (broad SMARTS) is 1. The second-order valence-corrected chi connectivity index (χ2v) is 12.3. The molecule has 1 fully saturated rings. The number of phenolic OH excluding ortho intramolecular Hbond substituents is 1. The van der Waals surface area contributed by atoms with E-state index < -0.39 is 55.3 Å². The molecule has 6 rings (SSSR count). The Balaban J connectivity index is 1.30. The number of phenols is 1. The molecule has 1 saturated heterocycles. The van der Waals surface area contributed by atoms with Crippen LogP contribution in [0.2, 0.25) is 0 Å². The fourth-order valence-electron chi connectivity index (χ4n) is 6.05. The second-order valence-electron chi connectivity index (χ2n) is 12.3. The fraction of sp³-hybridized carbons (Fsp3) is 0.361. The quantitative estimate of drug-likeness (QED) is 0.0558. The van der Waals surface area contributed by atoms with Crippen LogP contribution in [0.15, 0.2) is 76.4 Å². The van der Waals surface area contributed by atoms with Crippen molar-refractivity contribution in [2.24, 2.45) is 0 Å². The number of fused-ring (bicyclic) bond motifs is 2. The van der Waals surface area contributed by atoms with Crippen molar-refractivity contribution in [1.82, 2.24) is 15.0 Å². The molecule has 2 aromatic carbocycles. The van der Waals surface area contributed by atoms with Crippen LogP contribution in [0.3, 0.4) is 0 Å². The maximum absolute atomic E-state index is 13.4. The van der Waals surface area contributed by atoms with Crippen LogP contribution in [0.5, 0.6) is 11.5 Å². The van der Waals surface area contributed by atoms with Crippen LogP contribution in [0.1, 0.15) is 31.9 Å². The predicted octanol–water partition coefficient (Wildman–Crippen LogP) is 2.72. The average Bonchev–Trinajstić information content (AvgIpc) is 3.70. The average molecular weight is 706 g/mol. The van der Waals surface area contributed by atoms with Gasteiger partial charge in [0.05, 0.1) is 28.4 Å². The van der Waals surface area contributed by atoms with Crippen LogP contribution in [0.25, 0.3) is 33.0 Å². The normalized spacial score (nSPS) is 21.1. The third-order valence-electron chi connectivity index (χ3n) is 8.82. The molecule has 0 radical (unpaired) electrons. The zero-order chi connectivity index (χ0) is 36.2. The zero-order valence-electron chi connectivity index (χ0n) is 27.9. The summed E-state index contributed by atoms with van der Waals surface area (Å²) >= 11 is 0. The minimum absolute atomic E-state index is 0.0560. The highest BCUT2D eigenvalue weighted by atomic mass is 16.8. The zero-order valence-corrected chi connectivity index (χ0v) is 27.9. The molecular weight excluding hydrogens is 666 g/mol. The van der Waals surface area contributed by atoms with Gasteiger partial charge in [-0.05, 0) is 55.8 Å². The van der Waals surface area contributed by atoms with Gasteiger partial charge in [-0.25, -0.2) is 9.59 Å². The van der Waals surface area contributed by atoms with Gasteiger partial charge in [-0.1, -0.05) is 31.9 Å². The van der Waals surface area contributed by atoms with Crippen molar-refractivity contribution in [1.29, 1.82) is 0 Å². The highest BCUT2D eigenvalue weighted by Gasteiger charge is 2.49. The van der Waals surface area contributed by atoms with Gasteiger partial charge in [-0.15, -0.1) is 0 Å². The molecule has 0 spiro atoms. The first kappa shape index (κ1) is 35.5. The molecule has 270 valence electrons. The second kappa shape index (κ2) is 15.3. The number of likely N-dealkylation sites (N-methyl/N-ethyl adjacent to an activating group) is 1. The number of hydrogen-bond acceptors (Lipinski definition) is 12. The molecule has 6 N–H and O–H groups in total. The molecule has 1 aliphatic heterocycles. The van der Waals surface area contributed by atoms with E-state index in [9.17, 15) is 34.8 Å². The summed E-state index contributed by atoms with van der Waals surface area (Å²) in [4.78, 5) is 46.8. The molecule has 0 amide bonds. The predicted molar refractivity (Wildman–Crippen MR) is 182 cm³/mol. The van der Waals surface area contributed by atoms with E-state index >= 15 is 0 Å². The molecule has 1 aliphatic rings. The summed E-state index contributed by atoms with van der Waals surface area (Å²) < 4.78 is 24.7. The van der Waals surface area contributed by atoms with Crippen molar-refractivity contribution < 1.29 is 53.5 Å². The number of nitrogens with one attached hydrogen (secondary N) is 2. The summed E-state index contributed by atoms with van der Waals surface area (Å²) in [6, 6.07) is 10.8. The van der Waals surface area contributed by atoms with E-state index in [1.807, 2.05) is 12.3 Å². The highest BCUT2D eigenvalue weighted by molar-refractivity contribution is 5.98. The lowest BCUT2D eigenvalue weighted by Gasteiger charge is -2.41. The molecule has 15 heteroatoms. The van der Waals surface area contributed by atoms with Gasteiger partial charge in [0.25, 0.3) is 0 Å². The lowest BCUT2D eigenvalue weighted by molar-refractivity contribution is -0.288. The molecule has 6 atom stereocenters. The molecule has 51 heavy (non-hydrogen) atoms. The Morgan fingerprint density at radius 2 is 1.86 bits per heavy atom. The minimum Gasteiger partial charge on any atom is -0.508 e. The Labute approximate surface area is 290 Å². The van der Waals surface area contributed by atoms with Gasteiger partial charge in [0, 0.05) is 17.6 Å². The smallest absolute Gasteiger partial charge is 0.334 e. The van der Waals surface area contributed by atoms with Crippen LogP contribution in [-0.2, 0) is 25.5 Å². The van der Waals surface area contributed by atoms with Crippen LogP contribution in [0.4, 0.5) is 0 Å². The largest absolute Gasteiger partial charge is 0.508 e. The molecule has 0 unspecified atom stereocenters. The lowest BCUT2D eigenvalue weighted by atomic mass is 9.99. The van der Waals surface area contributed by atoms with Gasteiger partial charge in [-0.2, -0.15) is 4.73 Å². The monoisotopic (exact) mass is 705 g/mol. The van der Waals surface area contributed by atoms with Gasteiger partial charge in [-0.3, -0.25) is 10.1 Å². The topological polar surface area (TPSA) is 215 Å². The van der Waals surface area contributed by atoms with E-state index in [0.717, 1.165) is 35.9 Å². The Kier molecular flexibility index (Phi) is 10.6. The summed E-state index contributed by atoms with van der Waals surface area (Å²) in [5.41, 5.74) is 2.38. The summed E-state index contributed by atoms with van der Waals surface area (Å²) in [5, 5.41) is 44.9. The number of aliphatic hydroxyl groups excluding tert-OH is 2. The third kappa shape index (κ3) is 7.42. The Morgan fingerprint density at radius 1 is 1.08 bits per heavy atom. The molecular formula is C36H39N3O12. The van der Waals surface area contributed by atoms with Crippen LogP contribution >= 0.6 is 0 Å². The summed E-state index contributed by atoms with van der Waals surface area (Å²) in [5.74, 6) is -2.37. The number of aromatic nitrogens is 2. The van der Waals surface area contributed by atoms with Crippen molar-refractivity contribution in [2.45, 2.75) is 69.4 Å². The molecule has 0 aliphatic carbocycles. The number of aromatic amines is 1. The van der Waals surface area contributed by atoms with E-state index in [-0.39, 0.29) is 33.5 Å². The molecule has 0 saturated carbocycles. The number of ether oxygens (including phenoxy) is 3. The van der Waals surface area contributed by atoms with E-state index in [1.165, 1.54) is 48.4 Å². The number of aryl methyl sites for hydroxylation is 1. The number of aromatic hydroxyl groups is 1. The third-order valence-corrected chi connectivity index (χ3v) is 8.82. The minimum atomic E-state index is -1.66. The molecule has 0 bridgehead atoms. The van der Waals surface area contributed by atoms with Gasteiger partial charge in [0.15, 0.2) is 5.43 Å². The molecule has 3 aromatic heterocycles. The number of H-pyrrole nitrogens is 1. The number of rotatable bonds is 14. The fourth-order valence-corrected chi connectivity index (χ4v) is 6.05. The van der Waals surface area contributed by atoms with Gasteiger partial charge in [0.1, 0.15) is 48.3 Å². The molecule has 4 heterocycles. The maximum atomic E-state index is 13.4. The first-order valence-electron chi connectivity index (χ1n) is 16.5. The SMILES string of the molecule is CCCCCc1c2[nH]ccc2cn1O[C@@H]1[C@@H](Oc2ccc3c(=O)c(-c4ccc(O)cc4)coc3c2)O[C@@H](COC(=O)[C@H](NC)C(=O)O)[C@H](O)[C@H]1O. The number of carbonyl (C=O) groups excluding carboxylic acids is 1. The number of carbonyl (C=O) groups is 2. The maximum Gasteiger partial charge on any atom is 0.334 e. The summed E-state index contributed by atoms with van der Waals surface area (Å²) in [7, 11) is 1.28. The van der Waals surface area contributed by atoms with Crippen molar-refractivity contribution in [3.05, 3.63) is 83.1 Å². The number of aliphatic hydroxyl groups is 2. The standard InChI is InChI=1S/C36H39N3O12/c1-3-4-5-6-25-28-20(13-14-38-28)16-39(25)51-33-32(43)31(42)27(18-48-35(46)29(37-2)34(44)45)50-36(33)49-22-11-12-23-26(15-22)47-17-24(30(23)41)19-7-9-21(40)10-8-19/h7-17,27,29,31-33,36-38,40,42-43H,3-6,18H2,1-2H3,(H,44,45)/t27-,29+,31-,32+,33-,36-/m0/s1. The van der Waals surface area contributed by atoms with Crippen molar-refractivity contribution >= 4 is 33.8 Å². The summed E-state index contributed by atoms with van der Waals surface area (Å²) in [6.45, 7) is 1.48. The van der Waals surface area contributed by atoms with E-state index in [0.29, 0.717) is 12.0 Å². The Hall–Kier alpha value is -5.35. The van der Waals surface area contributed by atoms with E-state index in [2.05, 4.69) is 17.2 Å². The Bertz CT molecular complexity index is 2050. The van der Waals surface area contributed by atoms with Crippen LogP contribution in [-0.4, -0.2) is 92.5 Å². The Morgan fingerprint density at radius 3 is 2.59 bits per heavy atom. The van der Waals surface area contributed by atoms with E-state index in [4.69, 9.17) is 23.5 Å². The van der Waals surface area contributed by atoms with Crippen molar-refractivity contribution in [3.8, 4) is 22.6 Å².